The minimum absolute atomic E-state index is 1.02. The van der Waals surface area contributed by atoms with E-state index in [9.17, 15) is 18.0 Å². The maximum atomic E-state index is 11.2. The predicted molar refractivity (Wildman–Crippen MR) is 32.8 cm³/mol. The third-order valence-electron chi connectivity index (χ3n) is 0.466. The first-order valence-electron chi connectivity index (χ1n) is 1.92. The van der Waals surface area contributed by atoms with Gasteiger partial charge in [0.2, 0.25) is 5.91 Å². The van der Waals surface area contributed by atoms with Crippen molar-refractivity contribution in [1.82, 2.24) is 3.53 Å². The molecule has 0 aromatic rings. The first-order valence-corrected chi connectivity index (χ1v) is 3.00. The van der Waals surface area contributed by atoms with Crippen LogP contribution in [0.25, 0.3) is 0 Å². The average Bonchev–Trinajstić information content (AvgIpc) is 1.62. The Morgan fingerprint density at radius 3 is 2.11 bits per heavy atom. The Kier molecular flexibility index (Phi) is 3.23. The third kappa shape index (κ3) is 5.87. The van der Waals surface area contributed by atoms with Crippen molar-refractivity contribution in [3.8, 4) is 0 Å². The fourth-order valence-electron chi connectivity index (χ4n) is 0.215. The lowest BCUT2D eigenvalue weighted by atomic mass is 10.4. The number of nitrogens with one attached hydrogen (secondary N) is 1. The smallest absolute Gasteiger partial charge is 0.299 e. The van der Waals surface area contributed by atoms with Crippen LogP contribution >= 0.6 is 22.9 Å². The molecule has 0 atom stereocenters. The van der Waals surface area contributed by atoms with Crippen LogP contribution < -0.4 is 3.53 Å². The molecule has 9 heavy (non-hydrogen) atoms. The van der Waals surface area contributed by atoms with Gasteiger partial charge in [-0.15, -0.1) is 0 Å². The van der Waals surface area contributed by atoms with Crippen LogP contribution in [0.5, 0.6) is 0 Å². The van der Waals surface area contributed by atoms with Crippen molar-refractivity contribution in [2.45, 2.75) is 12.6 Å². The first kappa shape index (κ1) is 8.99. The molecule has 1 N–H and O–H groups in total. The first-order chi connectivity index (χ1) is 3.95. The summed E-state index contributed by atoms with van der Waals surface area (Å²) in [5.74, 6) is -1.02. The molecule has 0 aliphatic rings. The number of rotatable bonds is 1. The fraction of sp³-hybridized carbons (Fsp3) is 0.667. The van der Waals surface area contributed by atoms with Crippen molar-refractivity contribution in [2.75, 3.05) is 0 Å². The Morgan fingerprint density at radius 1 is 1.56 bits per heavy atom. The number of hydrogen-bond donors (Lipinski definition) is 1. The van der Waals surface area contributed by atoms with Crippen molar-refractivity contribution in [1.29, 1.82) is 0 Å². The molecule has 0 spiro atoms. The van der Waals surface area contributed by atoms with E-state index in [1.807, 2.05) is 3.53 Å². The van der Waals surface area contributed by atoms with Crippen LogP contribution in [0.3, 0.4) is 0 Å². The van der Waals surface area contributed by atoms with Gasteiger partial charge in [0.15, 0.2) is 0 Å². The van der Waals surface area contributed by atoms with Gasteiger partial charge in [0.25, 0.3) is 0 Å². The monoisotopic (exact) mass is 253 g/mol. The Morgan fingerprint density at radius 2 is 2.00 bits per heavy atom. The van der Waals surface area contributed by atoms with Crippen molar-refractivity contribution in [3.05, 3.63) is 0 Å². The summed E-state index contributed by atoms with van der Waals surface area (Å²) in [7, 11) is 0. The van der Waals surface area contributed by atoms with Crippen LogP contribution in [0.4, 0.5) is 13.2 Å². The van der Waals surface area contributed by atoms with Crippen molar-refractivity contribution in [3.63, 3.8) is 0 Å². The molecule has 0 aromatic carbocycles. The molecule has 0 unspecified atom stereocenters. The molecule has 0 bridgehead atoms. The quantitative estimate of drug-likeness (QED) is 0.555. The van der Waals surface area contributed by atoms with Gasteiger partial charge < -0.3 is 0 Å². The highest BCUT2D eigenvalue weighted by atomic mass is 127. The van der Waals surface area contributed by atoms with E-state index >= 15 is 0 Å². The average molecular weight is 253 g/mol. The van der Waals surface area contributed by atoms with Crippen LogP contribution in [0.15, 0.2) is 0 Å². The van der Waals surface area contributed by atoms with Crippen LogP contribution in [0.1, 0.15) is 6.42 Å². The minimum Gasteiger partial charge on any atom is -0.299 e. The molecule has 0 heterocycles. The molecular formula is C3H3F3INO. The van der Waals surface area contributed by atoms with E-state index in [1.165, 1.54) is 22.9 Å². The van der Waals surface area contributed by atoms with E-state index in [-0.39, 0.29) is 0 Å². The van der Waals surface area contributed by atoms with E-state index in [2.05, 4.69) is 0 Å². The van der Waals surface area contributed by atoms with Gasteiger partial charge in [0.1, 0.15) is 6.42 Å². The van der Waals surface area contributed by atoms with Gasteiger partial charge in [-0.05, 0) is 0 Å². The van der Waals surface area contributed by atoms with E-state index < -0.39 is 18.5 Å². The summed E-state index contributed by atoms with van der Waals surface area (Å²) in [5.41, 5.74) is 0. The summed E-state index contributed by atoms with van der Waals surface area (Å²) >= 11 is 1.35. The van der Waals surface area contributed by atoms with Gasteiger partial charge in [-0.25, -0.2) is 0 Å². The largest absolute Gasteiger partial charge is 0.397 e. The molecule has 54 valence electrons. The summed E-state index contributed by atoms with van der Waals surface area (Å²) < 4.78 is 35.5. The number of halogens is 4. The fourth-order valence-corrected chi connectivity index (χ4v) is 0.406. The van der Waals surface area contributed by atoms with Gasteiger partial charge in [0, 0.05) is 0 Å². The highest BCUT2D eigenvalue weighted by Gasteiger charge is 2.30. The molecule has 0 aliphatic heterocycles. The van der Waals surface area contributed by atoms with Gasteiger partial charge in [-0.2, -0.15) is 13.2 Å². The molecule has 0 saturated heterocycles. The highest BCUT2D eigenvalue weighted by molar-refractivity contribution is 14.1. The number of carbonyl (C=O) groups excluding carboxylic acids is 1. The maximum absolute atomic E-state index is 11.2. The van der Waals surface area contributed by atoms with Crippen molar-refractivity contribution in [2.24, 2.45) is 0 Å². The number of carbonyl (C=O) groups is 1. The molecule has 0 fully saturated rings. The van der Waals surface area contributed by atoms with Gasteiger partial charge in [-0.1, -0.05) is 0 Å². The Labute approximate surface area is 63.3 Å². The van der Waals surface area contributed by atoms with Gasteiger partial charge in [-0.3, -0.25) is 8.32 Å². The molecule has 6 heteroatoms. The lowest BCUT2D eigenvalue weighted by molar-refractivity contribution is -0.152. The standard InChI is InChI=1S/C3H3F3INO/c4-3(5,6)1-2(9)8-7/h1H2,(H,8,9). The maximum Gasteiger partial charge on any atom is 0.397 e. The summed E-state index contributed by atoms with van der Waals surface area (Å²) in [6.45, 7) is 0. The molecule has 2 nitrogen and oxygen atoms in total. The highest BCUT2D eigenvalue weighted by Crippen LogP contribution is 2.18. The zero-order chi connectivity index (χ0) is 7.49. The molecule has 1 amide bonds. The zero-order valence-corrected chi connectivity index (χ0v) is 6.28. The molecule has 0 saturated carbocycles. The Balaban J connectivity index is 3.60. The van der Waals surface area contributed by atoms with E-state index in [0.29, 0.717) is 0 Å². The summed E-state index contributed by atoms with van der Waals surface area (Å²) in [6, 6.07) is 0. The lowest BCUT2D eigenvalue weighted by Gasteiger charge is -2.01. The van der Waals surface area contributed by atoms with E-state index in [4.69, 9.17) is 0 Å². The van der Waals surface area contributed by atoms with Crippen molar-refractivity contribution >= 4 is 28.8 Å². The van der Waals surface area contributed by atoms with Crippen LogP contribution in [-0.4, -0.2) is 12.1 Å². The second kappa shape index (κ2) is 3.23. The normalized spacial score (nSPS) is 11.1. The minimum atomic E-state index is -4.39. The molecule has 0 aromatic heterocycles. The van der Waals surface area contributed by atoms with Crippen LogP contribution in [0.2, 0.25) is 0 Å². The van der Waals surface area contributed by atoms with E-state index in [0.717, 1.165) is 0 Å². The molecule has 0 radical (unpaired) electrons. The number of hydrogen-bond acceptors (Lipinski definition) is 1. The number of amides is 1. The summed E-state index contributed by atoms with van der Waals surface area (Å²) in [5, 5.41) is 0. The van der Waals surface area contributed by atoms with Gasteiger partial charge >= 0.3 is 6.18 Å². The third-order valence-corrected chi connectivity index (χ3v) is 1.07. The van der Waals surface area contributed by atoms with Crippen LogP contribution in [-0.2, 0) is 4.79 Å². The lowest BCUT2D eigenvalue weighted by Crippen LogP contribution is -2.21. The van der Waals surface area contributed by atoms with Crippen molar-refractivity contribution < 1.29 is 18.0 Å². The topological polar surface area (TPSA) is 29.1 Å². The Bertz CT molecular complexity index is 112. The molecular weight excluding hydrogens is 250 g/mol. The number of alkyl halides is 3. The molecule has 0 rings (SSSR count). The van der Waals surface area contributed by atoms with Crippen LogP contribution in [0, 0.1) is 0 Å². The Hall–Kier alpha value is -0.0100. The van der Waals surface area contributed by atoms with Gasteiger partial charge in [0.05, 0.1) is 22.9 Å². The predicted octanol–water partition coefficient (Wildman–Crippen LogP) is 1.41. The summed E-state index contributed by atoms with van der Waals surface area (Å²) in [4.78, 5) is 9.99. The SMILES string of the molecule is O=C(CC(F)(F)F)NI. The zero-order valence-electron chi connectivity index (χ0n) is 4.13. The second-order valence-electron chi connectivity index (χ2n) is 1.31. The second-order valence-corrected chi connectivity index (χ2v) is 1.85. The van der Waals surface area contributed by atoms with E-state index in [1.54, 1.807) is 0 Å². The summed E-state index contributed by atoms with van der Waals surface area (Å²) in [6.07, 6.45) is -5.80. The molecule has 0 aliphatic carbocycles.